The number of para-hydroxylation sites is 1. The SMILES string of the molecule is CC(=O)NCCN(C(=O)c1cn(C)c2ccccc12)C(C)C(=O)O. The molecule has 2 rings (SSSR count). The summed E-state index contributed by atoms with van der Waals surface area (Å²) in [6, 6.07) is 6.45. The Kier molecular flexibility index (Phi) is 5.23. The minimum Gasteiger partial charge on any atom is -0.480 e. The van der Waals surface area contributed by atoms with Crippen molar-refractivity contribution >= 4 is 28.7 Å². The van der Waals surface area contributed by atoms with Gasteiger partial charge in [-0.25, -0.2) is 4.79 Å². The van der Waals surface area contributed by atoms with E-state index in [0.29, 0.717) is 5.56 Å². The normalized spacial score (nSPS) is 12.0. The third-order valence-electron chi connectivity index (χ3n) is 3.94. The standard InChI is InChI=1S/C17H21N3O4/c1-11(17(23)24)20(9-8-18-12(2)21)16(22)14-10-19(3)15-7-5-4-6-13(14)15/h4-7,10-11H,8-9H2,1-3H3,(H,18,21)(H,23,24). The molecule has 128 valence electrons. The van der Waals surface area contributed by atoms with Crippen molar-refractivity contribution in [1.29, 1.82) is 0 Å². The predicted octanol–water partition coefficient (Wildman–Crippen LogP) is 1.23. The van der Waals surface area contributed by atoms with E-state index in [4.69, 9.17) is 0 Å². The average Bonchev–Trinajstić information content (AvgIpc) is 2.87. The lowest BCUT2D eigenvalue weighted by molar-refractivity contribution is -0.141. The first-order chi connectivity index (χ1) is 11.3. The van der Waals surface area contributed by atoms with Crippen LogP contribution >= 0.6 is 0 Å². The number of hydrogen-bond donors (Lipinski definition) is 2. The zero-order valence-electron chi connectivity index (χ0n) is 13.9. The number of rotatable bonds is 6. The summed E-state index contributed by atoms with van der Waals surface area (Å²) >= 11 is 0. The fourth-order valence-corrected chi connectivity index (χ4v) is 2.62. The second kappa shape index (κ2) is 7.16. The minimum atomic E-state index is -1.09. The van der Waals surface area contributed by atoms with Gasteiger partial charge in [-0.2, -0.15) is 0 Å². The molecule has 24 heavy (non-hydrogen) atoms. The van der Waals surface area contributed by atoms with Crippen molar-refractivity contribution in [2.24, 2.45) is 7.05 Å². The highest BCUT2D eigenvalue weighted by Gasteiger charge is 2.28. The highest BCUT2D eigenvalue weighted by atomic mass is 16.4. The Morgan fingerprint density at radius 3 is 2.58 bits per heavy atom. The van der Waals surface area contributed by atoms with E-state index >= 15 is 0 Å². The molecule has 1 atom stereocenters. The van der Waals surface area contributed by atoms with Crippen LogP contribution in [0.15, 0.2) is 30.5 Å². The lowest BCUT2D eigenvalue weighted by Crippen LogP contribution is -2.46. The van der Waals surface area contributed by atoms with Gasteiger partial charge < -0.3 is 19.9 Å². The Labute approximate surface area is 139 Å². The number of aromatic nitrogens is 1. The van der Waals surface area contributed by atoms with Gasteiger partial charge in [0.05, 0.1) is 5.56 Å². The zero-order valence-corrected chi connectivity index (χ0v) is 13.9. The number of aliphatic carboxylic acids is 1. The first kappa shape index (κ1) is 17.5. The van der Waals surface area contributed by atoms with Gasteiger partial charge in [0, 0.05) is 44.2 Å². The number of benzene rings is 1. The number of nitrogens with zero attached hydrogens (tertiary/aromatic N) is 2. The average molecular weight is 331 g/mol. The van der Waals surface area contributed by atoms with Crippen LogP contribution in [0.1, 0.15) is 24.2 Å². The molecule has 0 bridgehead atoms. The van der Waals surface area contributed by atoms with Gasteiger partial charge in [-0.15, -0.1) is 0 Å². The molecule has 7 heteroatoms. The zero-order chi connectivity index (χ0) is 17.9. The largest absolute Gasteiger partial charge is 0.480 e. The number of nitrogens with one attached hydrogen (secondary N) is 1. The van der Waals surface area contributed by atoms with Crippen molar-refractivity contribution in [3.63, 3.8) is 0 Å². The predicted molar refractivity (Wildman–Crippen MR) is 89.7 cm³/mol. The quantitative estimate of drug-likeness (QED) is 0.833. The number of carbonyl (C=O) groups excluding carboxylic acids is 2. The van der Waals surface area contributed by atoms with E-state index in [1.54, 1.807) is 6.20 Å². The Morgan fingerprint density at radius 1 is 1.29 bits per heavy atom. The summed E-state index contributed by atoms with van der Waals surface area (Å²) in [6.07, 6.45) is 1.70. The maximum atomic E-state index is 12.9. The molecule has 7 nitrogen and oxygen atoms in total. The van der Waals surface area contributed by atoms with Gasteiger partial charge in [0.25, 0.3) is 5.91 Å². The minimum absolute atomic E-state index is 0.120. The highest BCUT2D eigenvalue weighted by Crippen LogP contribution is 2.22. The summed E-state index contributed by atoms with van der Waals surface area (Å²) in [5.74, 6) is -1.69. The summed E-state index contributed by atoms with van der Waals surface area (Å²) < 4.78 is 1.83. The summed E-state index contributed by atoms with van der Waals surface area (Å²) in [5.41, 5.74) is 1.34. The summed E-state index contributed by atoms with van der Waals surface area (Å²) in [6.45, 7) is 3.15. The van der Waals surface area contributed by atoms with Crippen LogP contribution < -0.4 is 5.32 Å². The fraction of sp³-hybridized carbons (Fsp3) is 0.353. The van der Waals surface area contributed by atoms with Crippen LogP contribution in [0.4, 0.5) is 0 Å². The molecule has 1 heterocycles. The third kappa shape index (κ3) is 3.56. The number of amides is 2. The molecule has 0 aliphatic carbocycles. The van der Waals surface area contributed by atoms with E-state index in [9.17, 15) is 19.5 Å². The molecule has 2 amide bonds. The van der Waals surface area contributed by atoms with E-state index in [-0.39, 0.29) is 24.9 Å². The van der Waals surface area contributed by atoms with Crippen LogP contribution in [0, 0.1) is 0 Å². The lowest BCUT2D eigenvalue weighted by Gasteiger charge is -2.26. The molecule has 0 fully saturated rings. The van der Waals surface area contributed by atoms with Crippen molar-refractivity contribution in [1.82, 2.24) is 14.8 Å². The highest BCUT2D eigenvalue weighted by molar-refractivity contribution is 6.07. The van der Waals surface area contributed by atoms with Crippen LogP contribution in [0.3, 0.4) is 0 Å². The first-order valence-corrected chi connectivity index (χ1v) is 7.65. The number of carboxylic acid groups (broad SMARTS) is 1. The maximum absolute atomic E-state index is 12.9. The third-order valence-corrected chi connectivity index (χ3v) is 3.94. The van der Waals surface area contributed by atoms with Gasteiger partial charge in [0.2, 0.25) is 5.91 Å². The molecule has 2 aromatic rings. The molecule has 0 spiro atoms. The van der Waals surface area contributed by atoms with Gasteiger partial charge in [-0.3, -0.25) is 9.59 Å². The number of fused-ring (bicyclic) bond motifs is 1. The van der Waals surface area contributed by atoms with Crippen LogP contribution in [0.5, 0.6) is 0 Å². The van der Waals surface area contributed by atoms with Gasteiger partial charge in [0.1, 0.15) is 6.04 Å². The van der Waals surface area contributed by atoms with Gasteiger partial charge in [0.15, 0.2) is 0 Å². The smallest absolute Gasteiger partial charge is 0.326 e. The molecule has 1 aromatic heterocycles. The number of aryl methyl sites for hydroxylation is 1. The van der Waals surface area contributed by atoms with E-state index in [1.807, 2.05) is 35.9 Å². The molecule has 0 aliphatic heterocycles. The second-order valence-electron chi connectivity index (χ2n) is 5.67. The first-order valence-electron chi connectivity index (χ1n) is 7.65. The van der Waals surface area contributed by atoms with Gasteiger partial charge >= 0.3 is 5.97 Å². The number of carbonyl (C=O) groups is 3. The molecule has 0 saturated carbocycles. The molecule has 2 N–H and O–H groups in total. The molecule has 0 radical (unpaired) electrons. The number of carboxylic acids is 1. The van der Waals surface area contributed by atoms with Crippen LogP contribution in [0.25, 0.3) is 10.9 Å². The van der Waals surface area contributed by atoms with Crippen molar-refractivity contribution in [3.05, 3.63) is 36.0 Å². The molecule has 1 unspecified atom stereocenters. The van der Waals surface area contributed by atoms with E-state index in [0.717, 1.165) is 10.9 Å². The van der Waals surface area contributed by atoms with E-state index in [2.05, 4.69) is 5.32 Å². The summed E-state index contributed by atoms with van der Waals surface area (Å²) in [4.78, 5) is 36.6. The van der Waals surface area contributed by atoms with Crippen molar-refractivity contribution in [3.8, 4) is 0 Å². The molecule has 0 saturated heterocycles. The molecule has 0 aliphatic rings. The molecular weight excluding hydrogens is 310 g/mol. The van der Waals surface area contributed by atoms with Gasteiger partial charge in [-0.1, -0.05) is 18.2 Å². The van der Waals surface area contributed by atoms with E-state index in [1.165, 1.54) is 18.7 Å². The summed E-state index contributed by atoms with van der Waals surface area (Å²) in [7, 11) is 1.83. The Hall–Kier alpha value is -2.83. The van der Waals surface area contributed by atoms with Crippen LogP contribution in [-0.4, -0.2) is 51.5 Å². The van der Waals surface area contributed by atoms with Crippen molar-refractivity contribution in [2.45, 2.75) is 19.9 Å². The number of hydrogen-bond acceptors (Lipinski definition) is 3. The molecule has 1 aromatic carbocycles. The summed E-state index contributed by atoms with van der Waals surface area (Å²) in [5, 5.41) is 12.6. The van der Waals surface area contributed by atoms with E-state index < -0.39 is 12.0 Å². The topological polar surface area (TPSA) is 91.6 Å². The maximum Gasteiger partial charge on any atom is 0.326 e. The van der Waals surface area contributed by atoms with Crippen LogP contribution in [-0.2, 0) is 16.6 Å². The Bertz CT molecular complexity index is 781. The van der Waals surface area contributed by atoms with Crippen molar-refractivity contribution < 1.29 is 19.5 Å². The Morgan fingerprint density at radius 2 is 1.96 bits per heavy atom. The molecular formula is C17H21N3O4. The van der Waals surface area contributed by atoms with Gasteiger partial charge in [-0.05, 0) is 13.0 Å². The second-order valence-corrected chi connectivity index (χ2v) is 5.67. The van der Waals surface area contributed by atoms with Crippen LogP contribution in [0.2, 0.25) is 0 Å². The lowest BCUT2D eigenvalue weighted by atomic mass is 10.1. The fourth-order valence-electron chi connectivity index (χ4n) is 2.62. The Balaban J connectivity index is 2.35. The van der Waals surface area contributed by atoms with Crippen molar-refractivity contribution in [2.75, 3.05) is 13.1 Å². The monoisotopic (exact) mass is 331 g/mol.